The first kappa shape index (κ1) is 30.8. The van der Waals surface area contributed by atoms with E-state index in [-0.39, 0.29) is 5.41 Å². The highest BCUT2D eigenvalue weighted by Crippen LogP contribution is 2.53. The zero-order valence-electron chi connectivity index (χ0n) is 29.8. The molecule has 10 aromatic rings. The van der Waals surface area contributed by atoms with Gasteiger partial charge in [-0.2, -0.15) is 0 Å². The lowest BCUT2D eigenvalue weighted by atomic mass is 9.74. The van der Waals surface area contributed by atoms with Crippen LogP contribution < -0.4 is 4.90 Å². The highest BCUT2D eigenvalue weighted by molar-refractivity contribution is 6.13. The highest BCUT2D eigenvalue weighted by atomic mass is 19.1. The molecule has 1 unspecified atom stereocenters. The predicted octanol–water partition coefficient (Wildman–Crippen LogP) is 12.3. The van der Waals surface area contributed by atoms with Crippen LogP contribution in [0.15, 0.2) is 164 Å². The van der Waals surface area contributed by atoms with Gasteiger partial charge in [0.2, 0.25) is 0 Å². The predicted molar refractivity (Wildman–Crippen MR) is 219 cm³/mol. The normalized spacial score (nSPS) is 14.2. The molecular weight excluding hydrogens is 666 g/mol. The number of fused-ring (bicyclic) bond motifs is 11. The van der Waals surface area contributed by atoms with Gasteiger partial charge in [0.15, 0.2) is 6.17 Å². The van der Waals surface area contributed by atoms with Crippen LogP contribution in [0.2, 0.25) is 0 Å². The van der Waals surface area contributed by atoms with E-state index in [4.69, 9.17) is 4.98 Å². The molecule has 0 radical (unpaired) electrons. The van der Waals surface area contributed by atoms with Crippen molar-refractivity contribution in [2.75, 3.05) is 4.90 Å². The lowest BCUT2D eigenvalue weighted by molar-refractivity contribution is 0.402. The summed E-state index contributed by atoms with van der Waals surface area (Å²) in [6.07, 6.45) is 4.27. The summed E-state index contributed by atoms with van der Waals surface area (Å²) in [6, 6.07) is 50.1. The lowest BCUT2D eigenvalue weighted by Crippen LogP contribution is -2.31. The van der Waals surface area contributed by atoms with Crippen LogP contribution in [0.1, 0.15) is 42.3 Å². The van der Waals surface area contributed by atoms with Gasteiger partial charge in [0.25, 0.3) is 0 Å². The Morgan fingerprint density at radius 1 is 0.537 bits per heavy atom. The van der Waals surface area contributed by atoms with E-state index < -0.39 is 6.17 Å². The molecule has 0 saturated carbocycles. The first-order valence-corrected chi connectivity index (χ1v) is 18.4. The van der Waals surface area contributed by atoms with E-state index in [1.165, 1.54) is 10.9 Å². The minimum absolute atomic E-state index is 0.352. The third-order valence-corrected chi connectivity index (χ3v) is 11.5. The summed E-state index contributed by atoms with van der Waals surface area (Å²) in [6.45, 7) is 4.55. The Labute approximate surface area is 311 Å². The zero-order valence-corrected chi connectivity index (χ0v) is 29.8. The molecule has 6 heteroatoms. The Morgan fingerprint density at radius 3 is 2.13 bits per heavy atom. The van der Waals surface area contributed by atoms with Crippen molar-refractivity contribution in [1.29, 1.82) is 0 Å². The SMILES string of the molecule is CC1(C)c2cc3c(cc2N(c2cccc(C(F)c4ccc5c6ccccc6n6ccnc6c5c4)c2)c2ncccc21)c1ccccc1n3-c1ccccc1. The van der Waals surface area contributed by atoms with Crippen molar-refractivity contribution < 1.29 is 4.39 Å². The van der Waals surface area contributed by atoms with Crippen molar-refractivity contribution in [3.05, 3.63) is 186 Å². The second kappa shape index (κ2) is 11.4. The first-order chi connectivity index (χ1) is 26.5. The second-order valence-corrected chi connectivity index (χ2v) is 14.8. The van der Waals surface area contributed by atoms with Gasteiger partial charge in [0.1, 0.15) is 11.5 Å². The number of imidazole rings is 1. The molecule has 258 valence electrons. The second-order valence-electron chi connectivity index (χ2n) is 14.8. The number of rotatable bonds is 4. The zero-order chi connectivity index (χ0) is 36.1. The quantitative estimate of drug-likeness (QED) is 0.172. The Hall–Kier alpha value is -6.79. The third kappa shape index (κ3) is 4.31. The number of alkyl halides is 1. The summed E-state index contributed by atoms with van der Waals surface area (Å²) in [4.78, 5) is 11.9. The van der Waals surface area contributed by atoms with Crippen LogP contribution in [0.25, 0.3) is 54.8 Å². The number of hydrogen-bond donors (Lipinski definition) is 0. The molecular formula is C48H34FN5. The number of halogens is 1. The summed E-state index contributed by atoms with van der Waals surface area (Å²) in [5.74, 6) is 0.855. The van der Waals surface area contributed by atoms with E-state index in [1.807, 2.05) is 67.0 Å². The van der Waals surface area contributed by atoms with Gasteiger partial charge < -0.3 is 4.57 Å². The van der Waals surface area contributed by atoms with Gasteiger partial charge >= 0.3 is 0 Å². The molecule has 1 atom stereocenters. The van der Waals surface area contributed by atoms with Crippen LogP contribution in [0.5, 0.6) is 0 Å². The van der Waals surface area contributed by atoms with Crippen LogP contribution in [0, 0.1) is 0 Å². The smallest absolute Gasteiger partial charge is 0.150 e. The molecule has 5 heterocycles. The topological polar surface area (TPSA) is 38.4 Å². The van der Waals surface area contributed by atoms with Crippen molar-refractivity contribution in [2.45, 2.75) is 25.4 Å². The van der Waals surface area contributed by atoms with Crippen LogP contribution in [-0.4, -0.2) is 18.9 Å². The van der Waals surface area contributed by atoms with Gasteiger partial charge in [-0.1, -0.05) is 98.8 Å². The molecule has 0 bridgehead atoms. The Morgan fingerprint density at radius 2 is 1.28 bits per heavy atom. The molecule has 0 aliphatic carbocycles. The van der Waals surface area contributed by atoms with Crippen molar-refractivity contribution in [3.8, 4) is 5.69 Å². The number of anilines is 3. The van der Waals surface area contributed by atoms with Gasteiger partial charge in [0, 0.05) is 62.5 Å². The minimum Gasteiger partial charge on any atom is -0.309 e. The first-order valence-electron chi connectivity index (χ1n) is 18.4. The van der Waals surface area contributed by atoms with Crippen molar-refractivity contribution in [2.24, 2.45) is 0 Å². The fourth-order valence-corrected chi connectivity index (χ4v) is 8.89. The van der Waals surface area contributed by atoms with Gasteiger partial charge in [0.05, 0.1) is 22.2 Å². The van der Waals surface area contributed by atoms with E-state index in [0.717, 1.165) is 72.2 Å². The van der Waals surface area contributed by atoms with E-state index >= 15 is 4.39 Å². The number of benzene rings is 6. The van der Waals surface area contributed by atoms with Crippen LogP contribution in [0.3, 0.4) is 0 Å². The minimum atomic E-state index is -1.36. The monoisotopic (exact) mass is 699 g/mol. The summed E-state index contributed by atoms with van der Waals surface area (Å²) < 4.78 is 21.4. The highest BCUT2D eigenvalue weighted by Gasteiger charge is 2.39. The molecule has 0 N–H and O–H groups in total. The fraction of sp³-hybridized carbons (Fsp3) is 0.0833. The van der Waals surface area contributed by atoms with E-state index in [2.05, 4.69) is 124 Å². The van der Waals surface area contributed by atoms with Crippen molar-refractivity contribution in [3.63, 3.8) is 0 Å². The maximum atomic E-state index is 17.0. The van der Waals surface area contributed by atoms with Crippen molar-refractivity contribution in [1.82, 2.24) is 18.9 Å². The average Bonchev–Trinajstić information content (AvgIpc) is 3.84. The van der Waals surface area contributed by atoms with Gasteiger partial charge in [-0.15, -0.1) is 0 Å². The number of aromatic nitrogens is 4. The maximum Gasteiger partial charge on any atom is 0.150 e. The lowest BCUT2D eigenvalue weighted by Gasteiger charge is -2.41. The van der Waals surface area contributed by atoms with E-state index in [0.29, 0.717) is 11.1 Å². The molecule has 54 heavy (non-hydrogen) atoms. The van der Waals surface area contributed by atoms with E-state index in [9.17, 15) is 0 Å². The summed E-state index contributed by atoms with van der Waals surface area (Å²) >= 11 is 0. The Balaban J connectivity index is 1.10. The molecule has 11 rings (SSSR count). The van der Waals surface area contributed by atoms with Crippen LogP contribution >= 0.6 is 0 Å². The third-order valence-electron chi connectivity index (χ3n) is 11.5. The summed E-state index contributed by atoms with van der Waals surface area (Å²) in [5, 5.41) is 5.43. The molecule has 0 fully saturated rings. The molecule has 0 amide bonds. The molecule has 1 aliphatic rings. The number of pyridine rings is 2. The fourth-order valence-electron chi connectivity index (χ4n) is 8.89. The number of hydrogen-bond acceptors (Lipinski definition) is 3. The molecule has 0 saturated heterocycles. The molecule has 5 nitrogen and oxygen atoms in total. The molecule has 4 aromatic heterocycles. The van der Waals surface area contributed by atoms with Gasteiger partial charge in [-0.05, 0) is 82.7 Å². The average molecular weight is 700 g/mol. The summed E-state index contributed by atoms with van der Waals surface area (Å²) in [7, 11) is 0. The maximum absolute atomic E-state index is 17.0. The largest absolute Gasteiger partial charge is 0.309 e. The van der Waals surface area contributed by atoms with Crippen LogP contribution in [0.4, 0.5) is 21.6 Å². The number of para-hydroxylation sites is 3. The Kier molecular flexibility index (Phi) is 6.48. The molecule has 6 aromatic carbocycles. The van der Waals surface area contributed by atoms with Gasteiger partial charge in [-0.25, -0.2) is 14.4 Å². The van der Waals surface area contributed by atoms with Crippen molar-refractivity contribution >= 4 is 66.3 Å². The van der Waals surface area contributed by atoms with Gasteiger partial charge in [-0.3, -0.25) is 9.30 Å². The van der Waals surface area contributed by atoms with E-state index in [1.54, 1.807) is 6.20 Å². The molecule has 1 aliphatic heterocycles. The standard InChI is InChI=1S/C48H34FN5/c1-48(2)39-18-11-23-50-47(39)54(44-28-37-36-17-7-9-20-42(36)53(43(37)29-40(44)48)32-13-4-3-5-14-32)33-15-10-12-30(26-33)45(49)31-21-22-34-35-16-6-8-19-41(35)52-25-24-51-46(52)38(34)27-31/h3-29,45H,1-2H3. The number of nitrogens with zero attached hydrogens (tertiary/aromatic N) is 5. The van der Waals surface area contributed by atoms with Crippen LogP contribution in [-0.2, 0) is 5.41 Å². The summed E-state index contributed by atoms with van der Waals surface area (Å²) in [5.41, 5.74) is 10.3. The Bertz CT molecular complexity index is 3120. The molecule has 0 spiro atoms.